The Morgan fingerprint density at radius 3 is 1.72 bits per heavy atom. The van der Waals surface area contributed by atoms with Crippen molar-refractivity contribution in [1.82, 2.24) is 20.6 Å². The lowest BCUT2D eigenvalue weighted by atomic mass is 10.0. The SMILES string of the molecule is O=c1cc(NCCCNC2CCOc3c(Br)cc(Br)cc32)[nH]c2ccsc12.O=c1cc(NCCCNC2CCOc3c(Br)cc(Cl)cc32)[nH]c2ccsc12. The van der Waals surface area contributed by atoms with Crippen LogP contribution in [0.1, 0.15) is 48.9 Å². The van der Waals surface area contributed by atoms with E-state index in [0.29, 0.717) is 18.2 Å². The molecule has 6 aromatic rings. The van der Waals surface area contributed by atoms with Gasteiger partial charge in [0, 0.05) is 70.8 Å². The molecular weight excluding hydrogens is 944 g/mol. The number of benzene rings is 2. The van der Waals surface area contributed by atoms with Gasteiger partial charge in [0.05, 0.1) is 42.6 Å². The van der Waals surface area contributed by atoms with Crippen molar-refractivity contribution in [3.8, 4) is 11.5 Å². The molecule has 2 aliphatic heterocycles. The van der Waals surface area contributed by atoms with Crippen LogP contribution in [0.4, 0.5) is 11.6 Å². The summed E-state index contributed by atoms with van der Waals surface area (Å²) in [5.41, 5.74) is 4.18. The van der Waals surface area contributed by atoms with Gasteiger partial charge < -0.3 is 40.7 Å². The number of pyridine rings is 2. The summed E-state index contributed by atoms with van der Waals surface area (Å²) in [5, 5.41) is 18.4. The number of aromatic amines is 2. The summed E-state index contributed by atoms with van der Waals surface area (Å²) in [5.74, 6) is 3.35. The average Bonchev–Trinajstić information content (AvgIpc) is 3.83. The van der Waals surface area contributed by atoms with Crippen LogP contribution in [0, 0.1) is 0 Å². The van der Waals surface area contributed by atoms with Crippen LogP contribution in [0.15, 0.2) is 82.3 Å². The number of anilines is 2. The molecule has 0 saturated heterocycles. The molecule has 0 fully saturated rings. The number of H-pyrrole nitrogens is 2. The molecular formula is C38H38Br3ClN6O4S2. The summed E-state index contributed by atoms with van der Waals surface area (Å²) in [6, 6.07) is 15.6. The van der Waals surface area contributed by atoms with E-state index in [4.69, 9.17) is 21.1 Å². The molecule has 0 aliphatic carbocycles. The third kappa shape index (κ3) is 9.55. The second-order valence-electron chi connectivity index (χ2n) is 12.9. The monoisotopic (exact) mass is 978 g/mol. The zero-order valence-electron chi connectivity index (χ0n) is 29.0. The van der Waals surface area contributed by atoms with E-state index in [1.165, 1.54) is 28.2 Å². The topological polar surface area (TPSA) is 132 Å². The first-order valence-corrected chi connectivity index (χ1v) is 22.1. The van der Waals surface area contributed by atoms with Gasteiger partial charge in [-0.15, -0.1) is 22.7 Å². The van der Waals surface area contributed by atoms with Crippen molar-refractivity contribution in [3.63, 3.8) is 0 Å². The molecule has 8 rings (SSSR count). The van der Waals surface area contributed by atoms with Gasteiger partial charge in [0.1, 0.15) is 23.1 Å². The Bertz CT molecular complexity index is 2200. The molecule has 0 spiro atoms. The van der Waals surface area contributed by atoms with E-state index in [0.717, 1.165) is 114 Å². The lowest BCUT2D eigenvalue weighted by molar-refractivity contribution is 0.251. The summed E-state index contributed by atoms with van der Waals surface area (Å²) in [6.45, 7) is 4.69. The summed E-state index contributed by atoms with van der Waals surface area (Å²) < 4.78 is 16.0. The van der Waals surface area contributed by atoms with Crippen molar-refractivity contribution in [3.05, 3.63) is 109 Å². The molecule has 6 heterocycles. The van der Waals surface area contributed by atoms with Crippen molar-refractivity contribution >= 4 is 114 Å². The number of thiophene rings is 2. The first-order valence-electron chi connectivity index (χ1n) is 17.6. The maximum atomic E-state index is 12.0. The third-order valence-electron chi connectivity index (χ3n) is 9.12. The Balaban J connectivity index is 0.000000167. The molecule has 2 atom stereocenters. The molecule has 0 saturated carbocycles. The maximum absolute atomic E-state index is 12.0. The normalized spacial score (nSPS) is 16.1. The molecule has 2 unspecified atom stereocenters. The number of rotatable bonds is 12. The van der Waals surface area contributed by atoms with Crippen LogP contribution in [-0.2, 0) is 0 Å². The third-order valence-corrected chi connectivity index (χ3v) is 12.8. The van der Waals surface area contributed by atoms with E-state index < -0.39 is 0 Å². The Labute approximate surface area is 350 Å². The number of hydrogen-bond acceptors (Lipinski definition) is 10. The van der Waals surface area contributed by atoms with Crippen LogP contribution in [0.2, 0.25) is 5.02 Å². The van der Waals surface area contributed by atoms with Gasteiger partial charge in [0.25, 0.3) is 0 Å². The lowest BCUT2D eigenvalue weighted by Gasteiger charge is -2.28. The van der Waals surface area contributed by atoms with E-state index in [1.807, 2.05) is 41.1 Å². The van der Waals surface area contributed by atoms with Crippen LogP contribution < -0.4 is 41.6 Å². The predicted molar refractivity (Wildman–Crippen MR) is 234 cm³/mol. The summed E-state index contributed by atoms with van der Waals surface area (Å²) >= 11 is 19.8. The number of hydrogen-bond donors (Lipinski definition) is 6. The van der Waals surface area contributed by atoms with Gasteiger partial charge in [-0.25, -0.2) is 0 Å². The van der Waals surface area contributed by atoms with Crippen LogP contribution >= 0.6 is 82.1 Å². The quantitative estimate of drug-likeness (QED) is 0.0669. The van der Waals surface area contributed by atoms with E-state index in [9.17, 15) is 9.59 Å². The molecule has 284 valence electrons. The van der Waals surface area contributed by atoms with Crippen molar-refractivity contribution in [2.45, 2.75) is 37.8 Å². The highest BCUT2D eigenvalue weighted by Gasteiger charge is 2.25. The van der Waals surface area contributed by atoms with Gasteiger partial charge in [-0.1, -0.05) is 27.5 Å². The fraction of sp³-hybridized carbons (Fsp3) is 0.316. The van der Waals surface area contributed by atoms with E-state index in [2.05, 4.69) is 85.1 Å². The number of halogens is 4. The van der Waals surface area contributed by atoms with Gasteiger partial charge in [-0.2, -0.15) is 0 Å². The summed E-state index contributed by atoms with van der Waals surface area (Å²) in [4.78, 5) is 30.6. The van der Waals surface area contributed by atoms with Crippen LogP contribution in [0.25, 0.3) is 20.4 Å². The maximum Gasteiger partial charge on any atom is 0.201 e. The van der Waals surface area contributed by atoms with Crippen molar-refractivity contribution in [1.29, 1.82) is 0 Å². The van der Waals surface area contributed by atoms with Crippen molar-refractivity contribution < 1.29 is 9.47 Å². The molecule has 4 aromatic heterocycles. The Hall–Kier alpha value is -2.89. The van der Waals surface area contributed by atoms with E-state index in [1.54, 1.807) is 12.1 Å². The molecule has 0 radical (unpaired) electrons. The Morgan fingerprint density at radius 1 is 0.685 bits per heavy atom. The van der Waals surface area contributed by atoms with Crippen molar-refractivity contribution in [2.24, 2.45) is 0 Å². The van der Waals surface area contributed by atoms with Gasteiger partial charge in [-0.05, 0) is 105 Å². The number of fused-ring (bicyclic) bond motifs is 4. The molecule has 2 aliphatic rings. The Morgan fingerprint density at radius 2 is 1.19 bits per heavy atom. The standard InChI is InChI=1S/C19H19Br2N3O2S.C19H19BrClN3O2S/c20-11-8-12-14(2-6-26-18(12)13(21)9-11)22-4-1-5-23-17-10-16(25)19-15(24-17)3-7-27-19;20-13-9-11(21)8-12-14(2-6-26-18(12)13)22-4-1-5-23-17-10-16(25)19-15(24-17)3-7-27-19/h2*3,7-10,14,22H,1-2,4-6H2,(H2,23,24,25). The smallest absolute Gasteiger partial charge is 0.201 e. The second kappa shape index (κ2) is 18.4. The summed E-state index contributed by atoms with van der Waals surface area (Å²) in [7, 11) is 0. The molecule has 2 aromatic carbocycles. The van der Waals surface area contributed by atoms with E-state index >= 15 is 0 Å². The molecule has 16 heteroatoms. The van der Waals surface area contributed by atoms with Crippen LogP contribution in [0.5, 0.6) is 11.5 Å². The number of nitrogens with one attached hydrogen (secondary N) is 6. The average molecular weight is 982 g/mol. The molecule has 54 heavy (non-hydrogen) atoms. The van der Waals surface area contributed by atoms with Crippen LogP contribution in [-0.4, -0.2) is 49.4 Å². The van der Waals surface area contributed by atoms with Gasteiger partial charge >= 0.3 is 0 Å². The Kier molecular flexibility index (Phi) is 13.4. The lowest BCUT2D eigenvalue weighted by Crippen LogP contribution is -2.29. The predicted octanol–water partition coefficient (Wildman–Crippen LogP) is 9.95. The minimum absolute atomic E-state index is 0.0562. The zero-order valence-corrected chi connectivity index (χ0v) is 36.1. The largest absolute Gasteiger partial charge is 0.492 e. The fourth-order valence-corrected chi connectivity index (χ4v) is 10.4. The molecule has 0 amide bonds. The van der Waals surface area contributed by atoms with Gasteiger partial charge in [-0.3, -0.25) is 9.59 Å². The zero-order chi connectivity index (χ0) is 37.6. The first-order chi connectivity index (χ1) is 26.2. The minimum atomic E-state index is 0.0562. The highest BCUT2D eigenvalue weighted by atomic mass is 79.9. The highest BCUT2D eigenvalue weighted by molar-refractivity contribution is 9.11. The highest BCUT2D eigenvalue weighted by Crippen LogP contribution is 2.41. The van der Waals surface area contributed by atoms with E-state index in [-0.39, 0.29) is 22.9 Å². The number of ether oxygens (including phenoxy) is 2. The first kappa shape index (κ1) is 39.3. The van der Waals surface area contributed by atoms with Crippen LogP contribution in [0.3, 0.4) is 0 Å². The molecule has 6 N–H and O–H groups in total. The summed E-state index contributed by atoms with van der Waals surface area (Å²) in [6.07, 6.45) is 3.74. The molecule has 0 bridgehead atoms. The van der Waals surface area contributed by atoms with Gasteiger partial charge in [0.2, 0.25) is 10.9 Å². The fourth-order valence-electron chi connectivity index (χ4n) is 6.59. The molecule has 10 nitrogen and oxygen atoms in total. The minimum Gasteiger partial charge on any atom is -0.492 e. The van der Waals surface area contributed by atoms with Gasteiger partial charge in [0.15, 0.2) is 0 Å². The number of aromatic nitrogens is 2. The van der Waals surface area contributed by atoms with Crippen molar-refractivity contribution in [2.75, 3.05) is 50.0 Å². The second-order valence-corrected chi connectivity index (χ2v) is 17.8.